The second-order valence-corrected chi connectivity index (χ2v) is 3.64. The predicted molar refractivity (Wildman–Crippen MR) is 72.2 cm³/mol. The van der Waals surface area contributed by atoms with Crippen LogP contribution in [0.4, 0.5) is 5.69 Å². The fraction of sp³-hybridized carbons (Fsp3) is 0.500. The Bertz CT molecular complexity index is 365. The zero-order valence-electron chi connectivity index (χ0n) is 10.5. The van der Waals surface area contributed by atoms with Crippen molar-refractivity contribution in [1.82, 2.24) is 4.98 Å². The zero-order valence-corrected chi connectivity index (χ0v) is 11.3. The number of halogens is 1. The van der Waals surface area contributed by atoms with Crippen LogP contribution in [0.15, 0.2) is 12.3 Å². The van der Waals surface area contributed by atoms with Crippen LogP contribution in [-0.2, 0) is 0 Å². The Morgan fingerprint density at radius 2 is 1.94 bits per heavy atom. The van der Waals surface area contributed by atoms with E-state index in [1.54, 1.807) is 6.07 Å². The molecule has 0 amide bonds. The van der Waals surface area contributed by atoms with Gasteiger partial charge in [0.15, 0.2) is 5.78 Å². The van der Waals surface area contributed by atoms with Gasteiger partial charge in [0.1, 0.15) is 5.69 Å². The van der Waals surface area contributed by atoms with Gasteiger partial charge in [-0.3, -0.25) is 4.79 Å². The summed E-state index contributed by atoms with van der Waals surface area (Å²) in [6.07, 6.45) is 3.38. The third-order valence-corrected chi connectivity index (χ3v) is 2.33. The van der Waals surface area contributed by atoms with Crippen LogP contribution >= 0.6 is 11.6 Å². The Hall–Kier alpha value is -1.13. The largest absolute Gasteiger partial charge is 0.397 e. The van der Waals surface area contributed by atoms with E-state index in [0.29, 0.717) is 16.4 Å². The van der Waals surface area contributed by atoms with Crippen LogP contribution < -0.4 is 11.5 Å². The summed E-state index contributed by atoms with van der Waals surface area (Å²) in [5, 5.41) is 0.358. The maximum Gasteiger partial charge on any atom is 0.185 e. The van der Waals surface area contributed by atoms with Crippen LogP contribution in [0.2, 0.25) is 5.02 Å². The summed E-state index contributed by atoms with van der Waals surface area (Å²) in [7, 11) is 1.50. The van der Waals surface area contributed by atoms with E-state index in [4.69, 9.17) is 17.3 Å². The first-order chi connectivity index (χ1) is 8.18. The van der Waals surface area contributed by atoms with E-state index in [0.717, 1.165) is 12.8 Å². The average Bonchev–Trinajstić information content (AvgIpc) is 3.17. The molecule has 0 radical (unpaired) electrons. The van der Waals surface area contributed by atoms with Crippen molar-refractivity contribution in [1.29, 1.82) is 0 Å². The monoisotopic (exact) mass is 257 g/mol. The van der Waals surface area contributed by atoms with Crippen molar-refractivity contribution in [3.63, 3.8) is 0 Å². The van der Waals surface area contributed by atoms with Crippen LogP contribution in [0.1, 0.15) is 37.2 Å². The van der Waals surface area contributed by atoms with E-state index in [2.05, 4.69) is 10.7 Å². The van der Waals surface area contributed by atoms with Gasteiger partial charge < -0.3 is 11.5 Å². The molecule has 0 aliphatic heterocycles. The molecule has 0 atom stereocenters. The molecule has 1 aromatic rings. The summed E-state index contributed by atoms with van der Waals surface area (Å²) >= 11 is 5.83. The van der Waals surface area contributed by atoms with Crippen molar-refractivity contribution in [2.45, 2.75) is 26.7 Å². The first kappa shape index (κ1) is 15.9. The predicted octanol–water partition coefficient (Wildman–Crippen LogP) is 2.51. The fourth-order valence-electron chi connectivity index (χ4n) is 1.17. The number of pyridine rings is 1. The number of nitrogens with zero attached hydrogens (tertiary/aromatic N) is 1. The maximum absolute atomic E-state index is 11.6. The van der Waals surface area contributed by atoms with Gasteiger partial charge in [-0.05, 0) is 26.0 Å². The third-order valence-electron chi connectivity index (χ3n) is 2.04. The number of carbonyl (C=O) groups excluding carboxylic acids is 1. The molecule has 1 aliphatic carbocycles. The molecule has 0 bridgehead atoms. The van der Waals surface area contributed by atoms with Crippen molar-refractivity contribution in [2.75, 3.05) is 12.8 Å². The first-order valence-electron chi connectivity index (χ1n) is 5.71. The number of nitrogen functional groups attached to an aromatic ring is 1. The second kappa shape index (κ2) is 8.03. The smallest absolute Gasteiger partial charge is 0.185 e. The Morgan fingerprint density at radius 1 is 1.41 bits per heavy atom. The van der Waals surface area contributed by atoms with Gasteiger partial charge in [0, 0.05) is 5.92 Å². The van der Waals surface area contributed by atoms with Crippen LogP contribution in [0.25, 0.3) is 0 Å². The summed E-state index contributed by atoms with van der Waals surface area (Å²) in [6, 6.07) is 1.56. The number of rotatable bonds is 2. The molecule has 1 saturated carbocycles. The quantitative estimate of drug-likeness (QED) is 0.798. The molecular weight excluding hydrogens is 238 g/mol. The zero-order chi connectivity index (χ0) is 13.4. The highest BCUT2D eigenvalue weighted by atomic mass is 35.5. The fourth-order valence-corrected chi connectivity index (χ4v) is 1.44. The Kier molecular flexibility index (Phi) is 7.50. The molecule has 17 heavy (non-hydrogen) atoms. The Morgan fingerprint density at radius 3 is 2.35 bits per heavy atom. The third kappa shape index (κ3) is 4.71. The highest BCUT2D eigenvalue weighted by molar-refractivity contribution is 6.34. The van der Waals surface area contributed by atoms with Crippen LogP contribution in [0, 0.1) is 5.92 Å². The SMILES string of the molecule is CC.CN.Nc1cnc(C(=O)C2CC2)c(Cl)c1. The van der Waals surface area contributed by atoms with E-state index in [9.17, 15) is 4.79 Å². The molecule has 4 N–H and O–H groups in total. The minimum absolute atomic E-state index is 0.0463. The lowest BCUT2D eigenvalue weighted by molar-refractivity contribution is 0.0963. The van der Waals surface area contributed by atoms with Crippen molar-refractivity contribution < 1.29 is 4.79 Å². The highest BCUT2D eigenvalue weighted by Crippen LogP contribution is 2.33. The topological polar surface area (TPSA) is 82.0 Å². The number of hydrogen-bond acceptors (Lipinski definition) is 4. The molecule has 0 aromatic carbocycles. The number of nitrogens with two attached hydrogens (primary N) is 2. The maximum atomic E-state index is 11.6. The summed E-state index contributed by atoms with van der Waals surface area (Å²) < 4.78 is 0. The van der Waals surface area contributed by atoms with E-state index in [-0.39, 0.29) is 11.7 Å². The molecule has 5 heteroatoms. The van der Waals surface area contributed by atoms with Gasteiger partial charge in [-0.2, -0.15) is 0 Å². The number of Topliss-reactive ketones (excluding diaryl/α,β-unsaturated/α-hetero) is 1. The van der Waals surface area contributed by atoms with Crippen LogP contribution in [0.5, 0.6) is 0 Å². The molecule has 1 aromatic heterocycles. The number of ketones is 1. The van der Waals surface area contributed by atoms with Gasteiger partial charge >= 0.3 is 0 Å². The first-order valence-corrected chi connectivity index (χ1v) is 6.09. The molecule has 1 fully saturated rings. The van der Waals surface area contributed by atoms with Crippen molar-refractivity contribution in [2.24, 2.45) is 11.7 Å². The van der Waals surface area contributed by atoms with Gasteiger partial charge in [0.25, 0.3) is 0 Å². The lowest BCUT2D eigenvalue weighted by atomic mass is 10.2. The molecule has 1 heterocycles. The van der Waals surface area contributed by atoms with E-state index >= 15 is 0 Å². The van der Waals surface area contributed by atoms with Gasteiger partial charge in [-0.1, -0.05) is 25.4 Å². The molecule has 0 saturated heterocycles. The van der Waals surface area contributed by atoms with E-state index in [1.165, 1.54) is 13.2 Å². The second-order valence-electron chi connectivity index (χ2n) is 3.24. The minimum Gasteiger partial charge on any atom is -0.397 e. The standard InChI is InChI=1S/C9H9ClN2O.C2H6.CH5N/c10-7-3-6(11)4-12-8(7)9(13)5-1-2-5;2*1-2/h3-5H,1-2,11H2;1-2H3;2H2,1H3. The lowest BCUT2D eigenvalue weighted by Crippen LogP contribution is -2.05. The Balaban J connectivity index is 0.000000581. The minimum atomic E-state index is 0.0463. The Labute approximate surface area is 107 Å². The molecule has 0 unspecified atom stereocenters. The highest BCUT2D eigenvalue weighted by Gasteiger charge is 2.32. The number of carbonyl (C=O) groups is 1. The van der Waals surface area contributed by atoms with Gasteiger partial charge in [-0.25, -0.2) is 4.98 Å². The van der Waals surface area contributed by atoms with Crippen molar-refractivity contribution >= 4 is 23.1 Å². The van der Waals surface area contributed by atoms with Crippen molar-refractivity contribution in [3.8, 4) is 0 Å². The molecule has 1 aliphatic rings. The van der Waals surface area contributed by atoms with Crippen molar-refractivity contribution in [3.05, 3.63) is 23.0 Å². The van der Waals surface area contributed by atoms with E-state index < -0.39 is 0 Å². The molecule has 96 valence electrons. The van der Waals surface area contributed by atoms with Gasteiger partial charge in [0.05, 0.1) is 16.9 Å². The molecule has 0 spiro atoms. The number of aromatic nitrogens is 1. The van der Waals surface area contributed by atoms with Crippen LogP contribution in [-0.4, -0.2) is 17.8 Å². The van der Waals surface area contributed by atoms with Gasteiger partial charge in [0.2, 0.25) is 0 Å². The van der Waals surface area contributed by atoms with Crippen LogP contribution in [0.3, 0.4) is 0 Å². The average molecular weight is 258 g/mol. The summed E-state index contributed by atoms with van der Waals surface area (Å²) in [4.78, 5) is 15.5. The normalized spacial score (nSPS) is 12.8. The summed E-state index contributed by atoms with van der Waals surface area (Å²) in [6.45, 7) is 4.00. The summed E-state index contributed by atoms with van der Waals surface area (Å²) in [5.74, 6) is 0.193. The van der Waals surface area contributed by atoms with Gasteiger partial charge in [-0.15, -0.1) is 0 Å². The molecule has 4 nitrogen and oxygen atoms in total. The lowest BCUT2D eigenvalue weighted by Gasteiger charge is -2.01. The number of anilines is 1. The van der Waals surface area contributed by atoms with E-state index in [1.807, 2.05) is 13.8 Å². The molecular formula is C12H20ClN3O. The molecule has 2 rings (SSSR count). The number of hydrogen-bond donors (Lipinski definition) is 2. The summed E-state index contributed by atoms with van der Waals surface area (Å²) in [5.41, 5.74) is 10.8.